The van der Waals surface area contributed by atoms with Gasteiger partial charge in [0.05, 0.1) is 6.04 Å². The number of pyridine rings is 1. The Bertz CT molecular complexity index is 424. The minimum absolute atomic E-state index is 0.0806. The lowest BCUT2D eigenvalue weighted by molar-refractivity contribution is 0.360. The molecule has 0 bridgehead atoms. The fourth-order valence-corrected chi connectivity index (χ4v) is 1.32. The second-order valence-corrected chi connectivity index (χ2v) is 3.37. The van der Waals surface area contributed by atoms with E-state index in [0.717, 1.165) is 23.4 Å². The third-order valence-corrected chi connectivity index (χ3v) is 2.29. The molecule has 0 amide bonds. The van der Waals surface area contributed by atoms with Crippen LogP contribution in [0.1, 0.15) is 25.1 Å². The van der Waals surface area contributed by atoms with E-state index < -0.39 is 0 Å². The second kappa shape index (κ2) is 4.23. The molecule has 0 radical (unpaired) electrons. The van der Waals surface area contributed by atoms with E-state index in [1.54, 1.807) is 12.4 Å². The van der Waals surface area contributed by atoms with E-state index in [9.17, 15) is 0 Å². The van der Waals surface area contributed by atoms with Gasteiger partial charge in [-0.1, -0.05) is 12.1 Å². The first-order valence-electron chi connectivity index (χ1n) is 4.94. The Balaban J connectivity index is 2.28. The molecule has 2 heterocycles. The van der Waals surface area contributed by atoms with E-state index >= 15 is 0 Å². The predicted octanol–water partition coefficient (Wildman–Crippen LogP) is 2.15. The van der Waals surface area contributed by atoms with E-state index in [2.05, 4.69) is 10.1 Å². The first-order chi connectivity index (χ1) is 7.31. The summed E-state index contributed by atoms with van der Waals surface area (Å²) in [6, 6.07) is 5.59. The second-order valence-electron chi connectivity index (χ2n) is 3.37. The Morgan fingerprint density at radius 2 is 2.40 bits per heavy atom. The number of rotatable bonds is 3. The summed E-state index contributed by atoms with van der Waals surface area (Å²) >= 11 is 0. The largest absolute Gasteiger partial charge is 0.359 e. The first kappa shape index (κ1) is 9.86. The standard InChI is InChI=1S/C11H13N3O/c1-2-9(12)11-6-10(14-15-11)8-4-3-5-13-7-8/h3-7,9H,2,12H2,1H3. The number of aromatic nitrogens is 2. The highest BCUT2D eigenvalue weighted by molar-refractivity contribution is 5.57. The van der Waals surface area contributed by atoms with Crippen LogP contribution in [-0.2, 0) is 0 Å². The molecule has 2 aromatic rings. The summed E-state index contributed by atoms with van der Waals surface area (Å²) in [6.07, 6.45) is 4.31. The Labute approximate surface area is 88.1 Å². The zero-order chi connectivity index (χ0) is 10.7. The third-order valence-electron chi connectivity index (χ3n) is 2.29. The molecule has 4 heteroatoms. The molecule has 0 saturated heterocycles. The molecule has 0 aliphatic rings. The van der Waals surface area contributed by atoms with Crippen molar-refractivity contribution in [3.05, 3.63) is 36.4 Å². The van der Waals surface area contributed by atoms with Gasteiger partial charge in [0.1, 0.15) is 5.69 Å². The maximum absolute atomic E-state index is 5.84. The summed E-state index contributed by atoms with van der Waals surface area (Å²) in [4.78, 5) is 4.02. The van der Waals surface area contributed by atoms with Crippen molar-refractivity contribution in [3.63, 3.8) is 0 Å². The van der Waals surface area contributed by atoms with Crippen LogP contribution < -0.4 is 5.73 Å². The number of nitrogens with zero attached hydrogens (tertiary/aromatic N) is 2. The topological polar surface area (TPSA) is 64.9 Å². The summed E-state index contributed by atoms with van der Waals surface area (Å²) in [6.45, 7) is 2.01. The highest BCUT2D eigenvalue weighted by atomic mass is 16.5. The van der Waals surface area contributed by atoms with Crippen molar-refractivity contribution in [2.24, 2.45) is 5.73 Å². The smallest absolute Gasteiger partial charge is 0.154 e. The fourth-order valence-electron chi connectivity index (χ4n) is 1.32. The van der Waals surface area contributed by atoms with E-state index in [1.807, 2.05) is 25.1 Å². The van der Waals surface area contributed by atoms with Gasteiger partial charge in [0, 0.05) is 24.0 Å². The average molecular weight is 203 g/mol. The zero-order valence-electron chi connectivity index (χ0n) is 8.55. The molecule has 1 atom stereocenters. The molecule has 0 aliphatic heterocycles. The molecule has 0 saturated carbocycles. The van der Waals surface area contributed by atoms with Gasteiger partial charge in [-0.25, -0.2) is 0 Å². The average Bonchev–Trinajstić information content (AvgIpc) is 2.78. The quantitative estimate of drug-likeness (QED) is 0.830. The minimum Gasteiger partial charge on any atom is -0.359 e. The van der Waals surface area contributed by atoms with E-state index in [4.69, 9.17) is 10.3 Å². The minimum atomic E-state index is -0.0806. The van der Waals surface area contributed by atoms with Crippen molar-refractivity contribution in [2.75, 3.05) is 0 Å². The molecular weight excluding hydrogens is 190 g/mol. The summed E-state index contributed by atoms with van der Waals surface area (Å²) in [5.41, 5.74) is 7.56. The van der Waals surface area contributed by atoms with Crippen LogP contribution in [-0.4, -0.2) is 10.1 Å². The van der Waals surface area contributed by atoms with Gasteiger partial charge in [-0.3, -0.25) is 4.98 Å². The lowest BCUT2D eigenvalue weighted by Crippen LogP contribution is -2.06. The van der Waals surface area contributed by atoms with Gasteiger partial charge in [0.2, 0.25) is 0 Å². The lowest BCUT2D eigenvalue weighted by Gasteiger charge is -2.00. The molecule has 0 fully saturated rings. The summed E-state index contributed by atoms with van der Waals surface area (Å²) in [5, 5.41) is 3.96. The Morgan fingerprint density at radius 1 is 1.53 bits per heavy atom. The van der Waals surface area contributed by atoms with Gasteiger partial charge in [0.15, 0.2) is 5.76 Å². The molecule has 0 spiro atoms. The number of hydrogen-bond acceptors (Lipinski definition) is 4. The molecular formula is C11H13N3O. The van der Waals surface area contributed by atoms with Crippen LogP contribution >= 0.6 is 0 Å². The normalized spacial score (nSPS) is 12.7. The summed E-state index contributed by atoms with van der Waals surface area (Å²) in [7, 11) is 0. The monoisotopic (exact) mass is 203 g/mol. The molecule has 0 aromatic carbocycles. The maximum atomic E-state index is 5.84. The molecule has 15 heavy (non-hydrogen) atoms. The van der Waals surface area contributed by atoms with Gasteiger partial charge in [-0.15, -0.1) is 0 Å². The van der Waals surface area contributed by atoms with Gasteiger partial charge in [-0.2, -0.15) is 0 Å². The zero-order valence-corrected chi connectivity index (χ0v) is 8.55. The van der Waals surface area contributed by atoms with E-state index in [0.29, 0.717) is 0 Å². The number of hydrogen-bond donors (Lipinski definition) is 1. The maximum Gasteiger partial charge on any atom is 0.154 e. The Hall–Kier alpha value is -1.68. The van der Waals surface area contributed by atoms with Crippen molar-refractivity contribution in [3.8, 4) is 11.3 Å². The predicted molar refractivity (Wildman–Crippen MR) is 57.0 cm³/mol. The molecule has 78 valence electrons. The van der Waals surface area contributed by atoms with Gasteiger partial charge in [0.25, 0.3) is 0 Å². The summed E-state index contributed by atoms with van der Waals surface area (Å²) in [5.74, 6) is 0.719. The van der Waals surface area contributed by atoms with Crippen LogP contribution in [0.3, 0.4) is 0 Å². The van der Waals surface area contributed by atoms with Crippen LogP contribution in [0, 0.1) is 0 Å². The van der Waals surface area contributed by atoms with Crippen LogP contribution in [0.5, 0.6) is 0 Å². The van der Waals surface area contributed by atoms with Crippen LogP contribution in [0.2, 0.25) is 0 Å². The van der Waals surface area contributed by atoms with Crippen molar-refractivity contribution in [2.45, 2.75) is 19.4 Å². The first-order valence-corrected chi connectivity index (χ1v) is 4.94. The Morgan fingerprint density at radius 3 is 3.07 bits per heavy atom. The van der Waals surface area contributed by atoms with Crippen molar-refractivity contribution < 1.29 is 4.52 Å². The van der Waals surface area contributed by atoms with Gasteiger partial charge in [-0.05, 0) is 18.6 Å². The molecule has 2 N–H and O–H groups in total. The highest BCUT2D eigenvalue weighted by Crippen LogP contribution is 2.21. The van der Waals surface area contributed by atoms with Crippen molar-refractivity contribution in [1.29, 1.82) is 0 Å². The SMILES string of the molecule is CCC(N)c1cc(-c2cccnc2)no1. The van der Waals surface area contributed by atoms with E-state index in [1.165, 1.54) is 0 Å². The van der Waals surface area contributed by atoms with Crippen molar-refractivity contribution >= 4 is 0 Å². The van der Waals surface area contributed by atoms with Crippen LogP contribution in [0.4, 0.5) is 0 Å². The van der Waals surface area contributed by atoms with Crippen LogP contribution in [0.15, 0.2) is 35.1 Å². The number of nitrogens with two attached hydrogens (primary N) is 1. The molecule has 2 aromatic heterocycles. The fraction of sp³-hybridized carbons (Fsp3) is 0.273. The van der Waals surface area contributed by atoms with E-state index in [-0.39, 0.29) is 6.04 Å². The van der Waals surface area contributed by atoms with Crippen LogP contribution in [0.25, 0.3) is 11.3 Å². The molecule has 4 nitrogen and oxygen atoms in total. The van der Waals surface area contributed by atoms with Gasteiger partial charge < -0.3 is 10.3 Å². The molecule has 0 aliphatic carbocycles. The molecule has 2 rings (SSSR count). The highest BCUT2D eigenvalue weighted by Gasteiger charge is 2.11. The third kappa shape index (κ3) is 2.05. The molecule has 1 unspecified atom stereocenters. The van der Waals surface area contributed by atoms with Crippen molar-refractivity contribution in [1.82, 2.24) is 10.1 Å². The van der Waals surface area contributed by atoms with Gasteiger partial charge >= 0.3 is 0 Å². The summed E-state index contributed by atoms with van der Waals surface area (Å²) < 4.78 is 5.17. The lowest BCUT2D eigenvalue weighted by atomic mass is 10.1. The Kier molecular flexibility index (Phi) is 2.78.